The lowest BCUT2D eigenvalue weighted by molar-refractivity contribution is -0.0951. The van der Waals surface area contributed by atoms with Crippen LogP contribution in [0.25, 0.3) is 22.6 Å². The summed E-state index contributed by atoms with van der Waals surface area (Å²) in [6.07, 6.45) is 2.76. The molecular formula is C27H34ClN5O4. The topological polar surface area (TPSA) is 106 Å². The molecule has 2 aliphatic heterocycles. The molecule has 1 aromatic carbocycles. The number of nitrogens with one attached hydrogen (secondary N) is 1. The van der Waals surface area contributed by atoms with Crippen molar-refractivity contribution in [3.05, 3.63) is 40.2 Å². The number of aliphatic hydroxyl groups excluding tert-OH is 1. The van der Waals surface area contributed by atoms with Crippen LogP contribution < -0.4 is 15.0 Å². The molecule has 5 rings (SSSR count). The molecule has 0 bridgehead atoms. The molecule has 10 heteroatoms. The monoisotopic (exact) mass is 527 g/mol. The molecule has 3 aromatic rings. The van der Waals surface area contributed by atoms with Crippen molar-refractivity contribution in [2.24, 2.45) is 0 Å². The number of anilines is 1. The highest BCUT2D eigenvalue weighted by atomic mass is 35.5. The summed E-state index contributed by atoms with van der Waals surface area (Å²) in [6.45, 7) is 8.85. The van der Waals surface area contributed by atoms with Gasteiger partial charge in [0.15, 0.2) is 5.82 Å². The van der Waals surface area contributed by atoms with Crippen molar-refractivity contribution < 1.29 is 19.1 Å². The van der Waals surface area contributed by atoms with Gasteiger partial charge in [0.05, 0.1) is 35.1 Å². The maximum absolute atomic E-state index is 10.0. The van der Waals surface area contributed by atoms with E-state index in [2.05, 4.69) is 15.4 Å². The van der Waals surface area contributed by atoms with E-state index in [1.54, 1.807) is 19.2 Å². The van der Waals surface area contributed by atoms with Crippen LogP contribution in [0.15, 0.2) is 22.7 Å². The zero-order chi connectivity index (χ0) is 26.2. The van der Waals surface area contributed by atoms with Crippen molar-refractivity contribution in [3.63, 3.8) is 0 Å². The maximum atomic E-state index is 10.0. The number of aromatic nitrogens is 3. The molecule has 198 valence electrons. The van der Waals surface area contributed by atoms with E-state index in [9.17, 15) is 5.11 Å². The Morgan fingerprint density at radius 3 is 2.70 bits per heavy atom. The lowest BCUT2D eigenvalue weighted by Crippen LogP contribution is -2.64. The number of hydrogen-bond acceptors (Lipinski definition) is 9. The molecule has 0 radical (unpaired) electrons. The molecular weight excluding hydrogens is 494 g/mol. The highest BCUT2D eigenvalue weighted by Crippen LogP contribution is 2.41. The normalized spacial score (nSPS) is 17.6. The molecule has 0 unspecified atom stereocenters. The van der Waals surface area contributed by atoms with Gasteiger partial charge in [0.2, 0.25) is 0 Å². The summed E-state index contributed by atoms with van der Waals surface area (Å²) in [4.78, 5) is 12.2. The Balaban J connectivity index is 1.54. The first kappa shape index (κ1) is 25.9. The molecule has 2 saturated heterocycles. The van der Waals surface area contributed by atoms with Crippen LogP contribution in [0.3, 0.4) is 0 Å². The van der Waals surface area contributed by atoms with E-state index in [1.807, 2.05) is 26.8 Å². The fraction of sp³-hybridized carbons (Fsp3) is 0.519. The number of rotatable bonds is 8. The lowest BCUT2D eigenvalue weighted by atomic mass is 9.86. The molecule has 2 aliphatic rings. The third-order valence-corrected chi connectivity index (χ3v) is 7.47. The molecule has 37 heavy (non-hydrogen) atoms. The van der Waals surface area contributed by atoms with E-state index in [0.717, 1.165) is 60.9 Å². The van der Waals surface area contributed by atoms with Crippen LogP contribution >= 0.6 is 11.6 Å². The molecule has 2 N–H and O–H groups in total. The van der Waals surface area contributed by atoms with Crippen LogP contribution in [-0.4, -0.2) is 71.8 Å². The fourth-order valence-electron chi connectivity index (χ4n) is 5.21. The molecule has 1 spiro atoms. The molecule has 2 aromatic heterocycles. The third-order valence-electron chi connectivity index (χ3n) is 7.14. The second-order valence-electron chi connectivity index (χ2n) is 10.1. The van der Waals surface area contributed by atoms with Crippen molar-refractivity contribution >= 4 is 17.4 Å². The minimum absolute atomic E-state index is 0.0847. The molecule has 9 nitrogen and oxygen atoms in total. The number of hydrogen-bond donors (Lipinski definition) is 2. The smallest absolute Gasteiger partial charge is 0.163 e. The van der Waals surface area contributed by atoms with Gasteiger partial charge in [-0.25, -0.2) is 9.97 Å². The summed E-state index contributed by atoms with van der Waals surface area (Å²) in [7, 11) is 1.78. The van der Waals surface area contributed by atoms with Gasteiger partial charge < -0.3 is 29.3 Å². The van der Waals surface area contributed by atoms with Crippen LogP contribution in [0.4, 0.5) is 5.82 Å². The fourth-order valence-corrected chi connectivity index (χ4v) is 5.41. The van der Waals surface area contributed by atoms with E-state index in [4.69, 9.17) is 35.6 Å². The second-order valence-corrected chi connectivity index (χ2v) is 10.5. The average molecular weight is 528 g/mol. The predicted octanol–water partition coefficient (Wildman–Crippen LogP) is 4.10. The van der Waals surface area contributed by atoms with E-state index in [0.29, 0.717) is 34.5 Å². The van der Waals surface area contributed by atoms with Gasteiger partial charge in [0, 0.05) is 24.3 Å². The van der Waals surface area contributed by atoms with Crippen LogP contribution in [0.2, 0.25) is 5.02 Å². The SMILES string of the molecule is CNC[C@@H](O)COc1ccc(Cl)c(-c2nc(-c3c(C)noc3C)c(C)c(N3CC4(CCCCO4)C3)n2)c1. The first-order chi connectivity index (χ1) is 17.8. The number of aryl methyl sites for hydroxylation is 2. The summed E-state index contributed by atoms with van der Waals surface area (Å²) < 4.78 is 17.5. The summed E-state index contributed by atoms with van der Waals surface area (Å²) in [5.74, 6) is 2.63. The Morgan fingerprint density at radius 1 is 1.22 bits per heavy atom. The first-order valence-electron chi connectivity index (χ1n) is 12.8. The van der Waals surface area contributed by atoms with Crippen molar-refractivity contribution in [1.82, 2.24) is 20.4 Å². The predicted molar refractivity (Wildman–Crippen MR) is 142 cm³/mol. The maximum Gasteiger partial charge on any atom is 0.163 e. The number of likely N-dealkylation sites (N-methyl/N-ethyl adjacent to an activating group) is 1. The van der Waals surface area contributed by atoms with Gasteiger partial charge in [0.1, 0.15) is 35.6 Å². The van der Waals surface area contributed by atoms with E-state index >= 15 is 0 Å². The summed E-state index contributed by atoms with van der Waals surface area (Å²) >= 11 is 6.66. The molecule has 1 atom stereocenters. The van der Waals surface area contributed by atoms with E-state index in [1.165, 1.54) is 6.42 Å². The van der Waals surface area contributed by atoms with Gasteiger partial charge in [-0.15, -0.1) is 0 Å². The molecule has 0 amide bonds. The van der Waals surface area contributed by atoms with Crippen LogP contribution in [0, 0.1) is 20.8 Å². The van der Waals surface area contributed by atoms with Gasteiger partial charge in [-0.2, -0.15) is 0 Å². The largest absolute Gasteiger partial charge is 0.491 e. The summed E-state index contributed by atoms with van der Waals surface area (Å²) in [6, 6.07) is 5.37. The zero-order valence-electron chi connectivity index (χ0n) is 21.8. The van der Waals surface area contributed by atoms with Gasteiger partial charge >= 0.3 is 0 Å². The summed E-state index contributed by atoms with van der Waals surface area (Å²) in [5, 5.41) is 17.6. The number of benzene rings is 1. The number of nitrogens with zero attached hydrogens (tertiary/aromatic N) is 4. The van der Waals surface area contributed by atoms with Gasteiger partial charge in [-0.05, 0) is 65.3 Å². The second kappa shape index (κ2) is 10.6. The molecule has 0 saturated carbocycles. The number of aliphatic hydroxyl groups is 1. The van der Waals surface area contributed by atoms with Crippen LogP contribution in [0.5, 0.6) is 5.75 Å². The number of halogens is 1. The van der Waals surface area contributed by atoms with Gasteiger partial charge in [0.25, 0.3) is 0 Å². The Bertz CT molecular complexity index is 1250. The first-order valence-corrected chi connectivity index (χ1v) is 13.1. The Morgan fingerprint density at radius 2 is 2.03 bits per heavy atom. The Labute approximate surface area is 222 Å². The Kier molecular flexibility index (Phi) is 7.40. The highest BCUT2D eigenvalue weighted by Gasteiger charge is 2.46. The van der Waals surface area contributed by atoms with Gasteiger partial charge in [-0.1, -0.05) is 16.8 Å². The molecule has 0 aliphatic carbocycles. The molecule has 4 heterocycles. The summed E-state index contributed by atoms with van der Waals surface area (Å²) in [5.41, 5.74) is 3.94. The average Bonchev–Trinajstić information content (AvgIpc) is 3.20. The standard InChI is InChI=1S/C27H34ClN5O4/c1-16-24(23-17(2)32-37-18(23)3)30-25(31-26(16)33-14-27(15-33)9-5-6-10-36-27)21-11-20(7-8-22(21)28)35-13-19(34)12-29-4/h7-8,11,19,29,34H,5-6,9-10,12-15H2,1-4H3/t19-/m1/s1. The highest BCUT2D eigenvalue weighted by molar-refractivity contribution is 6.33. The Hall–Kier alpha value is -2.72. The van der Waals surface area contributed by atoms with Crippen molar-refractivity contribution in [2.75, 3.05) is 44.8 Å². The van der Waals surface area contributed by atoms with Crippen molar-refractivity contribution in [2.45, 2.75) is 51.7 Å². The lowest BCUT2D eigenvalue weighted by Gasteiger charge is -2.52. The van der Waals surface area contributed by atoms with Gasteiger partial charge in [-0.3, -0.25) is 0 Å². The quantitative estimate of drug-likeness (QED) is 0.448. The number of ether oxygens (including phenoxy) is 2. The van der Waals surface area contributed by atoms with Crippen LogP contribution in [0.1, 0.15) is 36.3 Å². The van der Waals surface area contributed by atoms with Crippen molar-refractivity contribution in [3.8, 4) is 28.4 Å². The third kappa shape index (κ3) is 5.18. The molecule has 2 fully saturated rings. The van der Waals surface area contributed by atoms with Crippen molar-refractivity contribution in [1.29, 1.82) is 0 Å². The van der Waals surface area contributed by atoms with E-state index in [-0.39, 0.29) is 12.2 Å². The minimum Gasteiger partial charge on any atom is -0.491 e. The van der Waals surface area contributed by atoms with Crippen LogP contribution in [-0.2, 0) is 4.74 Å². The zero-order valence-corrected chi connectivity index (χ0v) is 22.6. The minimum atomic E-state index is -0.627. The van der Waals surface area contributed by atoms with E-state index < -0.39 is 6.10 Å².